The van der Waals surface area contributed by atoms with Gasteiger partial charge in [-0.25, -0.2) is 9.59 Å². The first-order chi connectivity index (χ1) is 17.2. The molecule has 0 saturated carbocycles. The maximum atomic E-state index is 13.9. The number of benzene rings is 2. The van der Waals surface area contributed by atoms with Gasteiger partial charge >= 0.3 is 18.1 Å². The number of halogens is 3. The predicted molar refractivity (Wildman–Crippen MR) is 133 cm³/mol. The second kappa shape index (κ2) is 12.7. The fraction of sp³-hybridized carbons (Fsp3) is 0.357. The summed E-state index contributed by atoms with van der Waals surface area (Å²) in [6.07, 6.45) is -5.77. The van der Waals surface area contributed by atoms with E-state index in [0.717, 1.165) is 36.8 Å². The van der Waals surface area contributed by atoms with Crippen LogP contribution in [0.25, 0.3) is 0 Å². The Balaban J connectivity index is 1.77. The van der Waals surface area contributed by atoms with E-state index in [1.165, 1.54) is 23.5 Å². The van der Waals surface area contributed by atoms with E-state index in [-0.39, 0.29) is 11.1 Å². The highest BCUT2D eigenvalue weighted by molar-refractivity contribution is 7.10. The zero-order valence-electron chi connectivity index (χ0n) is 20.2. The van der Waals surface area contributed by atoms with Crippen LogP contribution >= 0.6 is 11.3 Å². The number of hydrogen-bond donors (Lipinski definition) is 0. The lowest BCUT2D eigenvalue weighted by molar-refractivity contribution is -0.211. The third-order valence-electron chi connectivity index (χ3n) is 5.61. The Morgan fingerprint density at radius 2 is 1.31 bits per heavy atom. The van der Waals surface area contributed by atoms with E-state index >= 15 is 0 Å². The minimum Gasteiger partial charge on any atom is -0.453 e. The van der Waals surface area contributed by atoms with Crippen molar-refractivity contribution < 1.29 is 32.2 Å². The van der Waals surface area contributed by atoms with Gasteiger partial charge in [0.25, 0.3) is 0 Å². The van der Waals surface area contributed by atoms with Gasteiger partial charge in [0.15, 0.2) is 0 Å². The van der Waals surface area contributed by atoms with E-state index in [1.54, 1.807) is 53.9 Å². The summed E-state index contributed by atoms with van der Waals surface area (Å²) in [5, 5.41) is 1.68. The minimum atomic E-state index is -4.85. The molecule has 0 spiro atoms. The molecule has 2 atom stereocenters. The molecule has 2 unspecified atom stereocenters. The molecule has 1 aromatic heterocycles. The number of carbonyl (C=O) groups is 2. The van der Waals surface area contributed by atoms with Crippen LogP contribution in [0.15, 0.2) is 66.0 Å². The Bertz CT molecular complexity index is 1110. The van der Waals surface area contributed by atoms with Gasteiger partial charge in [-0.15, -0.1) is 11.3 Å². The normalized spacial score (nSPS) is 13.1. The lowest BCUT2D eigenvalue weighted by Gasteiger charge is -2.25. The number of alkyl halides is 3. The molecule has 0 aliphatic heterocycles. The molecule has 0 fully saturated rings. The summed E-state index contributed by atoms with van der Waals surface area (Å²) < 4.78 is 52.2. The van der Waals surface area contributed by atoms with E-state index in [0.29, 0.717) is 4.88 Å². The quantitative estimate of drug-likeness (QED) is 0.244. The number of carbonyl (C=O) groups excluding carboxylic acids is 2. The van der Waals surface area contributed by atoms with E-state index in [2.05, 4.69) is 0 Å². The van der Waals surface area contributed by atoms with Gasteiger partial charge in [0.2, 0.25) is 6.10 Å². The Morgan fingerprint density at radius 3 is 1.72 bits per heavy atom. The first kappa shape index (κ1) is 27.5. The van der Waals surface area contributed by atoms with Crippen molar-refractivity contribution in [3.63, 3.8) is 0 Å². The summed E-state index contributed by atoms with van der Waals surface area (Å²) in [7, 11) is 0. The van der Waals surface area contributed by atoms with E-state index in [9.17, 15) is 22.8 Å². The number of hydrogen-bond acceptors (Lipinski definition) is 5. The summed E-state index contributed by atoms with van der Waals surface area (Å²) >= 11 is 1.17. The molecule has 0 bridgehead atoms. The molecule has 0 aliphatic rings. The zero-order chi connectivity index (χ0) is 26.1. The van der Waals surface area contributed by atoms with Crippen LogP contribution in [0.2, 0.25) is 0 Å². The molecule has 2 aromatic carbocycles. The van der Waals surface area contributed by atoms with Crippen molar-refractivity contribution in [2.24, 2.45) is 0 Å². The lowest BCUT2D eigenvalue weighted by atomic mass is 10.1. The molecule has 0 amide bonds. The summed E-state index contributed by atoms with van der Waals surface area (Å²) in [5.74, 6) is -1.82. The van der Waals surface area contributed by atoms with Crippen molar-refractivity contribution >= 4 is 23.3 Å². The van der Waals surface area contributed by atoms with Crippen LogP contribution in [-0.2, 0) is 22.3 Å². The van der Waals surface area contributed by atoms with Gasteiger partial charge in [0.1, 0.15) is 6.10 Å². The summed E-state index contributed by atoms with van der Waals surface area (Å²) in [6, 6.07) is 16.4. The van der Waals surface area contributed by atoms with Crippen LogP contribution in [0.4, 0.5) is 13.2 Å². The summed E-state index contributed by atoms with van der Waals surface area (Å²) in [4.78, 5) is 25.7. The maximum absolute atomic E-state index is 13.9. The van der Waals surface area contributed by atoms with Gasteiger partial charge in [0, 0.05) is 11.3 Å². The molecule has 0 aliphatic carbocycles. The van der Waals surface area contributed by atoms with Crippen molar-refractivity contribution in [1.29, 1.82) is 0 Å². The molecule has 3 rings (SSSR count). The van der Waals surface area contributed by atoms with Crippen LogP contribution in [-0.4, -0.2) is 24.2 Å². The molecule has 1 heterocycles. The summed E-state index contributed by atoms with van der Waals surface area (Å²) in [5.41, 5.74) is 2.30. The highest BCUT2D eigenvalue weighted by Crippen LogP contribution is 2.35. The molecule has 3 aromatic rings. The van der Waals surface area contributed by atoms with Crippen molar-refractivity contribution in [1.82, 2.24) is 0 Å². The highest BCUT2D eigenvalue weighted by Gasteiger charge is 2.45. The largest absolute Gasteiger partial charge is 0.453 e. The SMILES string of the molecule is CCCc1ccc(C(=O)OC(CC(OC(=O)c2ccc(CCC)cc2)C(F)(F)F)c2cccs2)cc1. The van der Waals surface area contributed by atoms with Crippen LogP contribution in [0.3, 0.4) is 0 Å². The van der Waals surface area contributed by atoms with Crippen molar-refractivity contribution in [3.05, 3.63) is 93.2 Å². The van der Waals surface area contributed by atoms with Gasteiger partial charge in [-0.05, 0) is 59.7 Å². The molecule has 192 valence electrons. The second-order valence-electron chi connectivity index (χ2n) is 8.47. The Hall–Kier alpha value is -3.13. The van der Waals surface area contributed by atoms with Gasteiger partial charge in [-0.1, -0.05) is 57.0 Å². The Kier molecular flexibility index (Phi) is 9.70. The van der Waals surface area contributed by atoms with Crippen molar-refractivity contribution in [2.75, 3.05) is 0 Å². The summed E-state index contributed by atoms with van der Waals surface area (Å²) in [6.45, 7) is 4.05. The standard InChI is InChI=1S/C28H29F3O4S/c1-3-6-19-9-13-21(14-10-19)26(32)34-23(24-8-5-17-36-24)18-25(28(29,30)31)35-27(33)22-15-11-20(7-4-2)12-16-22/h5,8-17,23,25H,3-4,6-7,18H2,1-2H3. The number of ether oxygens (including phenoxy) is 2. The average molecular weight is 519 g/mol. The highest BCUT2D eigenvalue weighted by atomic mass is 32.1. The predicted octanol–water partition coefficient (Wildman–Crippen LogP) is 7.73. The lowest BCUT2D eigenvalue weighted by Crippen LogP contribution is -2.36. The monoisotopic (exact) mass is 518 g/mol. The average Bonchev–Trinajstić information content (AvgIpc) is 3.39. The molecule has 4 nitrogen and oxygen atoms in total. The fourth-order valence-corrected chi connectivity index (χ4v) is 4.49. The third-order valence-corrected chi connectivity index (χ3v) is 6.57. The Labute approximate surface area is 213 Å². The van der Waals surface area contributed by atoms with Gasteiger partial charge in [-0.3, -0.25) is 0 Å². The van der Waals surface area contributed by atoms with E-state index in [1.807, 2.05) is 13.8 Å². The molecule has 36 heavy (non-hydrogen) atoms. The third kappa shape index (κ3) is 7.68. The molecule has 0 saturated heterocycles. The number of esters is 2. The maximum Gasteiger partial charge on any atom is 0.425 e. The van der Waals surface area contributed by atoms with Gasteiger partial charge < -0.3 is 9.47 Å². The van der Waals surface area contributed by atoms with Crippen LogP contribution in [0.1, 0.15) is 75.9 Å². The molecular formula is C28H29F3O4S. The number of rotatable bonds is 11. The van der Waals surface area contributed by atoms with Gasteiger partial charge in [-0.2, -0.15) is 13.2 Å². The number of aryl methyl sites for hydroxylation is 2. The number of thiophene rings is 1. The first-order valence-corrected chi connectivity index (χ1v) is 12.8. The van der Waals surface area contributed by atoms with Crippen molar-refractivity contribution in [2.45, 2.75) is 64.3 Å². The topological polar surface area (TPSA) is 52.6 Å². The van der Waals surface area contributed by atoms with Crippen LogP contribution in [0.5, 0.6) is 0 Å². The molecular weight excluding hydrogens is 489 g/mol. The smallest absolute Gasteiger partial charge is 0.425 e. The molecule has 8 heteroatoms. The van der Waals surface area contributed by atoms with Gasteiger partial charge in [0.05, 0.1) is 11.1 Å². The van der Waals surface area contributed by atoms with Crippen LogP contribution in [0, 0.1) is 0 Å². The molecule has 0 N–H and O–H groups in total. The molecule has 0 radical (unpaired) electrons. The zero-order valence-corrected chi connectivity index (χ0v) is 21.0. The van der Waals surface area contributed by atoms with E-state index < -0.39 is 36.7 Å². The van der Waals surface area contributed by atoms with Crippen molar-refractivity contribution in [3.8, 4) is 0 Å². The first-order valence-electron chi connectivity index (χ1n) is 11.9. The second-order valence-corrected chi connectivity index (χ2v) is 9.45. The fourth-order valence-electron chi connectivity index (χ4n) is 3.73. The minimum absolute atomic E-state index is 0.0286. The Morgan fingerprint density at radius 1 is 0.806 bits per heavy atom. The van der Waals surface area contributed by atoms with Crippen LogP contribution < -0.4 is 0 Å². The van der Waals surface area contributed by atoms with E-state index in [4.69, 9.17) is 9.47 Å².